The molecule has 0 aliphatic heterocycles. The van der Waals surface area contributed by atoms with E-state index in [-0.39, 0.29) is 0 Å². The maximum Gasteiger partial charge on any atom is 0.212 e. The minimum absolute atomic E-state index is 0.602. The molecule has 4 nitrogen and oxygen atoms in total. The van der Waals surface area contributed by atoms with Gasteiger partial charge in [0, 0.05) is 35.0 Å². The van der Waals surface area contributed by atoms with Crippen LogP contribution in [0.2, 0.25) is 0 Å². The molecule has 0 saturated heterocycles. The molecule has 0 fully saturated rings. The summed E-state index contributed by atoms with van der Waals surface area (Å²) in [6.45, 7) is 5.62. The van der Waals surface area contributed by atoms with E-state index in [0.29, 0.717) is 6.61 Å². The molecule has 2 aromatic rings. The average molecular weight is 265 g/mol. The summed E-state index contributed by atoms with van der Waals surface area (Å²) in [7, 11) is 3.86. The van der Waals surface area contributed by atoms with E-state index in [2.05, 4.69) is 23.4 Å². The quantitative estimate of drug-likeness (QED) is 0.902. The van der Waals surface area contributed by atoms with E-state index < -0.39 is 0 Å². The van der Waals surface area contributed by atoms with Crippen LogP contribution in [0.4, 0.5) is 0 Å². The first-order valence-corrected chi connectivity index (χ1v) is 6.78. The van der Waals surface area contributed by atoms with Gasteiger partial charge in [-0.05, 0) is 27.0 Å². The van der Waals surface area contributed by atoms with E-state index in [4.69, 9.17) is 4.74 Å². The van der Waals surface area contributed by atoms with Crippen molar-refractivity contribution in [3.05, 3.63) is 33.1 Å². The van der Waals surface area contributed by atoms with Crippen molar-refractivity contribution < 1.29 is 4.74 Å². The molecule has 0 aromatic carbocycles. The molecule has 2 heterocycles. The van der Waals surface area contributed by atoms with Crippen LogP contribution in [0.3, 0.4) is 0 Å². The van der Waals surface area contributed by atoms with E-state index >= 15 is 0 Å². The molecule has 98 valence electrons. The van der Waals surface area contributed by atoms with Crippen LogP contribution in [-0.2, 0) is 20.2 Å². The van der Waals surface area contributed by atoms with Crippen molar-refractivity contribution in [3.8, 4) is 5.88 Å². The van der Waals surface area contributed by atoms with Crippen molar-refractivity contribution in [2.75, 3.05) is 7.05 Å². The van der Waals surface area contributed by atoms with Crippen molar-refractivity contribution in [3.63, 3.8) is 0 Å². The van der Waals surface area contributed by atoms with Crippen molar-refractivity contribution in [1.29, 1.82) is 0 Å². The zero-order valence-electron chi connectivity index (χ0n) is 11.3. The standard InChI is InChI=1S/C13H19N3OS/c1-9-5-13(16(4)15-9)17-8-11-6-12(7-14-3)18-10(11)2/h5-6,14H,7-8H2,1-4H3. The number of hydrogen-bond acceptors (Lipinski definition) is 4. The second-order valence-electron chi connectivity index (χ2n) is 4.36. The van der Waals surface area contributed by atoms with Crippen molar-refractivity contribution in [1.82, 2.24) is 15.1 Å². The third-order valence-corrected chi connectivity index (χ3v) is 3.85. The fourth-order valence-corrected chi connectivity index (χ4v) is 2.93. The van der Waals surface area contributed by atoms with Crippen molar-refractivity contribution >= 4 is 11.3 Å². The summed E-state index contributed by atoms with van der Waals surface area (Å²) in [5, 5.41) is 7.43. The van der Waals surface area contributed by atoms with Crippen LogP contribution >= 0.6 is 11.3 Å². The van der Waals surface area contributed by atoms with Crippen LogP contribution in [0.1, 0.15) is 21.0 Å². The SMILES string of the molecule is CNCc1cc(COc2cc(C)nn2C)c(C)s1. The second-order valence-corrected chi connectivity index (χ2v) is 5.70. The molecule has 0 saturated carbocycles. The van der Waals surface area contributed by atoms with Gasteiger partial charge in [-0.3, -0.25) is 0 Å². The maximum atomic E-state index is 5.80. The summed E-state index contributed by atoms with van der Waals surface area (Å²) in [5.41, 5.74) is 2.23. The van der Waals surface area contributed by atoms with Gasteiger partial charge in [0.2, 0.25) is 5.88 Å². The number of ether oxygens (including phenoxy) is 1. The summed E-state index contributed by atoms with van der Waals surface area (Å²) in [5.74, 6) is 0.813. The molecule has 2 rings (SSSR count). The van der Waals surface area contributed by atoms with Gasteiger partial charge in [0.1, 0.15) is 6.61 Å². The molecule has 0 aliphatic carbocycles. The van der Waals surface area contributed by atoms with Crippen molar-refractivity contribution in [2.45, 2.75) is 27.0 Å². The van der Waals surface area contributed by atoms with Crippen LogP contribution in [0.25, 0.3) is 0 Å². The highest BCUT2D eigenvalue weighted by Gasteiger charge is 2.08. The third-order valence-electron chi connectivity index (χ3n) is 2.76. The van der Waals surface area contributed by atoms with Gasteiger partial charge in [-0.15, -0.1) is 11.3 Å². The molecule has 18 heavy (non-hydrogen) atoms. The Morgan fingerprint density at radius 1 is 1.39 bits per heavy atom. The highest BCUT2D eigenvalue weighted by atomic mass is 32.1. The number of thiophene rings is 1. The number of aromatic nitrogens is 2. The number of hydrogen-bond donors (Lipinski definition) is 1. The Hall–Kier alpha value is -1.33. The van der Waals surface area contributed by atoms with Crippen LogP contribution in [-0.4, -0.2) is 16.8 Å². The Balaban J connectivity index is 2.03. The van der Waals surface area contributed by atoms with Gasteiger partial charge in [-0.1, -0.05) is 0 Å². The lowest BCUT2D eigenvalue weighted by Gasteiger charge is -2.05. The molecule has 0 aliphatic rings. The molecule has 1 N–H and O–H groups in total. The highest BCUT2D eigenvalue weighted by Crippen LogP contribution is 2.23. The average Bonchev–Trinajstić information content (AvgIpc) is 2.80. The second kappa shape index (κ2) is 5.54. The Morgan fingerprint density at radius 3 is 2.78 bits per heavy atom. The predicted molar refractivity (Wildman–Crippen MR) is 74.1 cm³/mol. The zero-order chi connectivity index (χ0) is 13.1. The lowest BCUT2D eigenvalue weighted by atomic mass is 10.2. The largest absolute Gasteiger partial charge is 0.473 e. The Bertz CT molecular complexity index is 530. The summed E-state index contributed by atoms with van der Waals surface area (Å²) >= 11 is 1.82. The minimum Gasteiger partial charge on any atom is -0.473 e. The summed E-state index contributed by atoms with van der Waals surface area (Å²) in [6.07, 6.45) is 0. The molecule has 0 spiro atoms. The number of nitrogens with one attached hydrogen (secondary N) is 1. The van der Waals surface area contributed by atoms with Gasteiger partial charge >= 0.3 is 0 Å². The highest BCUT2D eigenvalue weighted by molar-refractivity contribution is 7.12. The van der Waals surface area contributed by atoms with Crippen LogP contribution in [0.5, 0.6) is 5.88 Å². The topological polar surface area (TPSA) is 39.1 Å². The Kier molecular flexibility index (Phi) is 4.04. The maximum absolute atomic E-state index is 5.80. The monoisotopic (exact) mass is 265 g/mol. The molecule has 2 aromatic heterocycles. The first-order valence-electron chi connectivity index (χ1n) is 5.96. The number of nitrogens with zero attached hydrogens (tertiary/aromatic N) is 2. The van der Waals surface area contributed by atoms with Gasteiger partial charge < -0.3 is 10.1 Å². The molecular weight excluding hydrogens is 246 g/mol. The first-order chi connectivity index (χ1) is 8.60. The predicted octanol–water partition coefficient (Wildman–Crippen LogP) is 2.40. The van der Waals surface area contributed by atoms with Gasteiger partial charge in [-0.25, -0.2) is 4.68 Å². The minimum atomic E-state index is 0.602. The number of rotatable bonds is 5. The molecular formula is C13H19N3OS. The summed E-state index contributed by atoms with van der Waals surface area (Å²) < 4.78 is 7.57. The zero-order valence-corrected chi connectivity index (χ0v) is 12.1. The number of aryl methyl sites for hydroxylation is 3. The molecule has 0 amide bonds. The van der Waals surface area contributed by atoms with Gasteiger partial charge in [-0.2, -0.15) is 5.10 Å². The van der Waals surface area contributed by atoms with Crippen LogP contribution in [0.15, 0.2) is 12.1 Å². The molecule has 0 radical (unpaired) electrons. The van der Waals surface area contributed by atoms with E-state index in [1.54, 1.807) is 4.68 Å². The van der Waals surface area contributed by atoms with Crippen molar-refractivity contribution in [2.24, 2.45) is 7.05 Å². The van der Waals surface area contributed by atoms with Gasteiger partial charge in [0.05, 0.1) is 5.69 Å². The van der Waals surface area contributed by atoms with Crippen LogP contribution < -0.4 is 10.1 Å². The molecule has 0 unspecified atom stereocenters. The fourth-order valence-electron chi connectivity index (χ4n) is 1.87. The molecule has 0 bridgehead atoms. The Morgan fingerprint density at radius 2 is 2.17 bits per heavy atom. The summed E-state index contributed by atoms with van der Waals surface area (Å²) in [6, 6.07) is 4.16. The van der Waals surface area contributed by atoms with E-state index in [0.717, 1.165) is 18.1 Å². The smallest absolute Gasteiger partial charge is 0.212 e. The van der Waals surface area contributed by atoms with Gasteiger partial charge in [0.25, 0.3) is 0 Å². The normalized spacial score (nSPS) is 10.9. The summed E-state index contributed by atoms with van der Waals surface area (Å²) in [4.78, 5) is 2.66. The lowest BCUT2D eigenvalue weighted by molar-refractivity contribution is 0.278. The first kappa shape index (κ1) is 13.1. The lowest BCUT2D eigenvalue weighted by Crippen LogP contribution is -2.03. The van der Waals surface area contributed by atoms with Crippen LogP contribution in [0, 0.1) is 13.8 Å². The fraction of sp³-hybridized carbons (Fsp3) is 0.462. The van der Waals surface area contributed by atoms with E-state index in [1.165, 1.54) is 15.3 Å². The van der Waals surface area contributed by atoms with Gasteiger partial charge in [0.15, 0.2) is 0 Å². The molecule has 5 heteroatoms. The molecule has 0 atom stereocenters. The van der Waals surface area contributed by atoms with E-state index in [9.17, 15) is 0 Å². The van der Waals surface area contributed by atoms with E-state index in [1.807, 2.05) is 38.4 Å². The Labute approximate surface area is 112 Å². The third kappa shape index (κ3) is 2.91.